The average Bonchev–Trinajstić information content (AvgIpc) is 3.17. The molecule has 3 rings (SSSR count). The van der Waals surface area contributed by atoms with Crippen LogP contribution in [0.25, 0.3) is 10.9 Å². The van der Waals surface area contributed by atoms with Crippen molar-refractivity contribution in [1.82, 2.24) is 15.1 Å². The zero-order valence-corrected chi connectivity index (χ0v) is 11.2. The van der Waals surface area contributed by atoms with Gasteiger partial charge in [0.15, 0.2) is 0 Å². The number of fused-ring (bicyclic) bond motifs is 1. The third-order valence-corrected chi connectivity index (χ3v) is 3.61. The summed E-state index contributed by atoms with van der Waals surface area (Å²) in [5, 5.41) is 8.92. The summed E-state index contributed by atoms with van der Waals surface area (Å²) in [5.74, 6) is 0.261. The lowest BCUT2D eigenvalue weighted by Gasteiger charge is -2.01. The second kappa shape index (κ2) is 5.13. The van der Waals surface area contributed by atoms with Crippen LogP contribution in [0.4, 0.5) is 0 Å². The topological polar surface area (TPSA) is 46.9 Å². The van der Waals surface area contributed by atoms with Gasteiger partial charge >= 0.3 is 0 Å². The van der Waals surface area contributed by atoms with E-state index in [4.69, 9.17) is 0 Å². The lowest BCUT2D eigenvalue weighted by atomic mass is 10.1. The fourth-order valence-corrected chi connectivity index (χ4v) is 2.40. The van der Waals surface area contributed by atoms with Crippen LogP contribution in [-0.4, -0.2) is 28.2 Å². The van der Waals surface area contributed by atoms with Crippen LogP contribution in [0.1, 0.15) is 25.0 Å². The minimum atomic E-state index is 0.261. The number of benzene rings is 1. The fourth-order valence-electron chi connectivity index (χ4n) is 2.40. The molecule has 0 atom stereocenters. The highest BCUT2D eigenvalue weighted by Gasteiger charge is 2.20. The molecule has 100 valence electrons. The Hall–Kier alpha value is -1.68. The Morgan fingerprint density at radius 2 is 2.21 bits per heavy atom. The number of aryl methyl sites for hydroxylation is 1. The van der Waals surface area contributed by atoms with E-state index in [-0.39, 0.29) is 5.78 Å². The van der Waals surface area contributed by atoms with Crippen molar-refractivity contribution in [2.24, 2.45) is 7.05 Å². The Kier molecular flexibility index (Phi) is 3.34. The van der Waals surface area contributed by atoms with Crippen molar-refractivity contribution in [2.45, 2.75) is 31.7 Å². The van der Waals surface area contributed by atoms with E-state index in [1.165, 1.54) is 12.8 Å². The highest BCUT2D eigenvalue weighted by Crippen LogP contribution is 2.19. The number of hydrogen-bond acceptors (Lipinski definition) is 3. The minimum absolute atomic E-state index is 0.261. The number of hydrogen-bond donors (Lipinski definition) is 1. The van der Waals surface area contributed by atoms with Crippen LogP contribution in [0, 0.1) is 0 Å². The standard InChI is InChI=1S/C15H19N3O/c1-18-15-5-3-2-4-13(15)14(17-18)10-12(19)8-9-16-11-6-7-11/h2-5,11,16H,6-10H2,1H3. The molecule has 1 aromatic carbocycles. The summed E-state index contributed by atoms with van der Waals surface area (Å²) in [4.78, 5) is 12.0. The molecule has 0 aliphatic heterocycles. The Balaban J connectivity index is 1.65. The molecular formula is C15H19N3O. The normalized spacial score (nSPS) is 15.0. The predicted octanol–water partition coefficient (Wildman–Crippen LogP) is 1.83. The van der Waals surface area contributed by atoms with Gasteiger partial charge in [0.25, 0.3) is 0 Å². The van der Waals surface area contributed by atoms with Gasteiger partial charge in [0.2, 0.25) is 0 Å². The maximum absolute atomic E-state index is 12.0. The summed E-state index contributed by atoms with van der Waals surface area (Å²) in [7, 11) is 1.92. The van der Waals surface area contributed by atoms with Crippen LogP contribution in [-0.2, 0) is 18.3 Å². The number of nitrogens with zero attached hydrogens (tertiary/aromatic N) is 2. The van der Waals surface area contributed by atoms with Crippen molar-refractivity contribution in [3.05, 3.63) is 30.0 Å². The number of ketones is 1. The van der Waals surface area contributed by atoms with E-state index in [0.29, 0.717) is 18.9 Å². The molecule has 19 heavy (non-hydrogen) atoms. The first-order valence-corrected chi connectivity index (χ1v) is 6.90. The van der Waals surface area contributed by atoms with Crippen molar-refractivity contribution in [3.63, 3.8) is 0 Å². The SMILES string of the molecule is Cn1nc(CC(=O)CCNC2CC2)c2ccccc21. The number of carbonyl (C=O) groups is 1. The highest BCUT2D eigenvalue weighted by molar-refractivity contribution is 5.88. The van der Waals surface area contributed by atoms with Crippen LogP contribution in [0.15, 0.2) is 24.3 Å². The molecule has 4 nitrogen and oxygen atoms in total. The molecule has 4 heteroatoms. The van der Waals surface area contributed by atoms with Gasteiger partial charge in [0.1, 0.15) is 5.78 Å². The first kappa shape index (κ1) is 12.4. The molecule has 1 aromatic heterocycles. The van der Waals surface area contributed by atoms with Crippen molar-refractivity contribution in [1.29, 1.82) is 0 Å². The van der Waals surface area contributed by atoms with E-state index in [2.05, 4.69) is 10.4 Å². The maximum Gasteiger partial charge on any atom is 0.140 e. The molecule has 1 saturated carbocycles. The Morgan fingerprint density at radius 3 is 3.00 bits per heavy atom. The van der Waals surface area contributed by atoms with Crippen LogP contribution >= 0.6 is 0 Å². The lowest BCUT2D eigenvalue weighted by molar-refractivity contribution is -0.118. The summed E-state index contributed by atoms with van der Waals surface area (Å²) in [6.45, 7) is 0.800. The van der Waals surface area contributed by atoms with Gasteiger partial charge in [-0.1, -0.05) is 18.2 Å². The van der Waals surface area contributed by atoms with Gasteiger partial charge in [-0.15, -0.1) is 0 Å². The molecule has 1 heterocycles. The fraction of sp³-hybridized carbons (Fsp3) is 0.467. The van der Waals surface area contributed by atoms with E-state index in [1.54, 1.807) is 0 Å². The smallest absolute Gasteiger partial charge is 0.140 e. The third kappa shape index (κ3) is 2.84. The van der Waals surface area contributed by atoms with Crippen LogP contribution in [0.3, 0.4) is 0 Å². The number of nitrogens with one attached hydrogen (secondary N) is 1. The highest BCUT2D eigenvalue weighted by atomic mass is 16.1. The predicted molar refractivity (Wildman–Crippen MR) is 75.1 cm³/mol. The average molecular weight is 257 g/mol. The van der Waals surface area contributed by atoms with Gasteiger partial charge in [-0.05, 0) is 18.9 Å². The second-order valence-corrected chi connectivity index (χ2v) is 5.28. The van der Waals surface area contributed by atoms with Gasteiger partial charge in [0, 0.05) is 31.4 Å². The first-order valence-electron chi connectivity index (χ1n) is 6.90. The van der Waals surface area contributed by atoms with Gasteiger partial charge in [-0.2, -0.15) is 5.10 Å². The zero-order chi connectivity index (χ0) is 13.2. The van der Waals surface area contributed by atoms with Crippen molar-refractivity contribution < 1.29 is 4.79 Å². The number of para-hydroxylation sites is 1. The van der Waals surface area contributed by atoms with Gasteiger partial charge in [-0.3, -0.25) is 9.48 Å². The molecule has 0 radical (unpaired) electrons. The largest absolute Gasteiger partial charge is 0.314 e. The molecule has 0 unspecified atom stereocenters. The van der Waals surface area contributed by atoms with Crippen molar-refractivity contribution in [3.8, 4) is 0 Å². The number of rotatable bonds is 6. The van der Waals surface area contributed by atoms with E-state index in [0.717, 1.165) is 23.1 Å². The third-order valence-electron chi connectivity index (χ3n) is 3.61. The lowest BCUT2D eigenvalue weighted by Crippen LogP contribution is -2.21. The number of aromatic nitrogens is 2. The van der Waals surface area contributed by atoms with E-state index in [9.17, 15) is 4.79 Å². The van der Waals surface area contributed by atoms with Crippen LogP contribution in [0.2, 0.25) is 0 Å². The summed E-state index contributed by atoms with van der Waals surface area (Å²) in [6, 6.07) is 8.73. The maximum atomic E-state index is 12.0. The number of carbonyl (C=O) groups excluding carboxylic acids is 1. The quantitative estimate of drug-likeness (QED) is 0.858. The first-order chi connectivity index (χ1) is 9.24. The molecule has 1 aliphatic carbocycles. The van der Waals surface area contributed by atoms with Crippen molar-refractivity contribution >= 4 is 16.7 Å². The zero-order valence-electron chi connectivity index (χ0n) is 11.2. The Labute approximate surface area is 112 Å². The molecule has 0 spiro atoms. The second-order valence-electron chi connectivity index (χ2n) is 5.28. The Bertz CT molecular complexity index is 598. The summed E-state index contributed by atoms with van der Waals surface area (Å²) < 4.78 is 1.85. The molecular weight excluding hydrogens is 238 g/mol. The molecule has 0 bridgehead atoms. The summed E-state index contributed by atoms with van der Waals surface area (Å²) in [5.41, 5.74) is 1.98. The van der Waals surface area contributed by atoms with Gasteiger partial charge in [-0.25, -0.2) is 0 Å². The molecule has 1 fully saturated rings. The van der Waals surface area contributed by atoms with Crippen LogP contribution < -0.4 is 5.32 Å². The van der Waals surface area contributed by atoms with E-state index in [1.807, 2.05) is 36.0 Å². The molecule has 1 aliphatic rings. The van der Waals surface area contributed by atoms with Crippen LogP contribution in [0.5, 0.6) is 0 Å². The molecule has 1 N–H and O–H groups in total. The molecule has 0 saturated heterocycles. The van der Waals surface area contributed by atoms with E-state index < -0.39 is 0 Å². The summed E-state index contributed by atoms with van der Waals surface area (Å²) >= 11 is 0. The summed E-state index contributed by atoms with van der Waals surface area (Å²) in [6.07, 6.45) is 3.56. The molecule has 0 amide bonds. The molecule has 2 aromatic rings. The minimum Gasteiger partial charge on any atom is -0.314 e. The number of Topliss-reactive ketones (excluding diaryl/α,β-unsaturated/α-hetero) is 1. The Morgan fingerprint density at radius 1 is 1.42 bits per heavy atom. The van der Waals surface area contributed by atoms with Crippen molar-refractivity contribution in [2.75, 3.05) is 6.54 Å². The van der Waals surface area contributed by atoms with E-state index >= 15 is 0 Å². The monoisotopic (exact) mass is 257 g/mol. The van der Waals surface area contributed by atoms with Gasteiger partial charge < -0.3 is 5.32 Å². The van der Waals surface area contributed by atoms with Gasteiger partial charge in [0.05, 0.1) is 17.6 Å².